The van der Waals surface area contributed by atoms with E-state index in [-0.39, 0.29) is 12.6 Å². The van der Waals surface area contributed by atoms with Crippen molar-refractivity contribution in [2.45, 2.75) is 19.4 Å². The minimum atomic E-state index is 0.0231. The first-order valence-corrected chi connectivity index (χ1v) is 5.05. The third-order valence-electron chi connectivity index (χ3n) is 1.95. The van der Waals surface area contributed by atoms with Gasteiger partial charge < -0.3 is 10.4 Å². The number of benzene rings is 1. The van der Waals surface area contributed by atoms with Gasteiger partial charge in [-0.2, -0.15) is 0 Å². The Morgan fingerprint density at radius 1 is 1.43 bits per heavy atom. The fourth-order valence-corrected chi connectivity index (χ4v) is 1.51. The van der Waals surface area contributed by atoms with Gasteiger partial charge in [-0.15, -0.1) is 0 Å². The second-order valence-electron chi connectivity index (χ2n) is 3.27. The van der Waals surface area contributed by atoms with Gasteiger partial charge in [0.15, 0.2) is 0 Å². The third kappa shape index (κ3) is 3.85. The lowest BCUT2D eigenvalue weighted by molar-refractivity contribution is 0.255. The third-order valence-corrected chi connectivity index (χ3v) is 2.07. The van der Waals surface area contributed by atoms with E-state index in [4.69, 9.17) is 17.3 Å². The Kier molecular flexibility index (Phi) is 4.56. The Morgan fingerprint density at radius 2 is 2.07 bits per heavy atom. The Morgan fingerprint density at radius 3 is 2.57 bits per heavy atom. The van der Waals surface area contributed by atoms with E-state index >= 15 is 0 Å². The summed E-state index contributed by atoms with van der Waals surface area (Å²) in [6.45, 7) is 1.92. The van der Waals surface area contributed by atoms with Crippen LogP contribution in [0, 0.1) is 0 Å². The van der Waals surface area contributed by atoms with Crippen molar-refractivity contribution in [3.8, 4) is 0 Å². The van der Waals surface area contributed by atoms with Gasteiger partial charge in [0.05, 0.1) is 17.6 Å². The van der Waals surface area contributed by atoms with E-state index in [1.165, 1.54) is 5.56 Å². The lowest BCUT2D eigenvalue weighted by atomic mass is 10.1. The molecule has 0 aliphatic carbocycles. The predicted octanol–water partition coefficient (Wildman–Crippen LogP) is 1.53. The molecule has 0 saturated heterocycles. The number of hydrogen-bond acceptors (Lipinski definition) is 2. The highest BCUT2D eigenvalue weighted by Crippen LogP contribution is 2.02. The van der Waals surface area contributed by atoms with Crippen LogP contribution in [0.3, 0.4) is 0 Å². The molecule has 3 heteroatoms. The molecule has 0 spiro atoms. The van der Waals surface area contributed by atoms with Crippen LogP contribution in [0.5, 0.6) is 0 Å². The van der Waals surface area contributed by atoms with E-state index in [2.05, 4.69) is 5.32 Å². The zero-order chi connectivity index (χ0) is 10.4. The van der Waals surface area contributed by atoms with E-state index in [9.17, 15) is 0 Å². The number of aliphatic hydroxyl groups is 1. The molecule has 0 unspecified atom stereocenters. The van der Waals surface area contributed by atoms with Gasteiger partial charge >= 0.3 is 0 Å². The summed E-state index contributed by atoms with van der Waals surface area (Å²) in [4.78, 5) is 0.722. The first-order chi connectivity index (χ1) is 6.72. The normalized spacial score (nSPS) is 12.1. The fourth-order valence-electron chi connectivity index (χ4n) is 1.35. The molecule has 0 aromatic heterocycles. The van der Waals surface area contributed by atoms with Crippen LogP contribution in [-0.4, -0.2) is 22.7 Å². The van der Waals surface area contributed by atoms with Crippen LogP contribution >= 0.6 is 12.2 Å². The Bertz CT molecular complexity index is 287. The largest absolute Gasteiger partial charge is 0.394 e. The van der Waals surface area contributed by atoms with Gasteiger partial charge in [0, 0.05) is 0 Å². The van der Waals surface area contributed by atoms with Gasteiger partial charge in [-0.3, -0.25) is 0 Å². The maximum Gasteiger partial charge on any atom is 0.0724 e. The highest BCUT2D eigenvalue weighted by molar-refractivity contribution is 7.80. The van der Waals surface area contributed by atoms with Gasteiger partial charge in [0.2, 0.25) is 0 Å². The molecule has 2 nitrogen and oxygen atoms in total. The molecule has 14 heavy (non-hydrogen) atoms. The number of thiocarbonyl (C=S) groups is 1. The SMILES string of the molecule is CC(=S)N[C@H](CO)Cc1ccccc1. The number of aliphatic hydroxyl groups excluding tert-OH is 1. The molecule has 0 saturated carbocycles. The summed E-state index contributed by atoms with van der Waals surface area (Å²) in [5.74, 6) is 0. The zero-order valence-corrected chi connectivity index (χ0v) is 9.05. The summed E-state index contributed by atoms with van der Waals surface area (Å²) < 4.78 is 0. The summed E-state index contributed by atoms with van der Waals surface area (Å²) in [6, 6.07) is 10.1. The van der Waals surface area contributed by atoms with Crippen LogP contribution in [0.25, 0.3) is 0 Å². The molecule has 1 aromatic carbocycles. The number of nitrogens with one attached hydrogen (secondary N) is 1. The topological polar surface area (TPSA) is 32.3 Å². The highest BCUT2D eigenvalue weighted by atomic mass is 32.1. The van der Waals surface area contributed by atoms with Crippen molar-refractivity contribution in [3.63, 3.8) is 0 Å². The first-order valence-electron chi connectivity index (χ1n) is 4.64. The maximum absolute atomic E-state index is 9.11. The number of rotatable bonds is 4. The van der Waals surface area contributed by atoms with E-state index in [0.29, 0.717) is 0 Å². The van der Waals surface area contributed by atoms with Crippen molar-refractivity contribution in [2.24, 2.45) is 0 Å². The summed E-state index contributed by atoms with van der Waals surface area (Å²) in [5.41, 5.74) is 1.20. The zero-order valence-electron chi connectivity index (χ0n) is 8.23. The summed E-state index contributed by atoms with van der Waals surface area (Å²) >= 11 is 4.93. The van der Waals surface area contributed by atoms with Crippen LogP contribution in [-0.2, 0) is 6.42 Å². The molecule has 0 amide bonds. The second-order valence-corrected chi connectivity index (χ2v) is 3.88. The predicted molar refractivity (Wildman–Crippen MR) is 62.4 cm³/mol. The quantitative estimate of drug-likeness (QED) is 0.738. The number of hydrogen-bond donors (Lipinski definition) is 2. The van der Waals surface area contributed by atoms with E-state index in [1.54, 1.807) is 0 Å². The van der Waals surface area contributed by atoms with E-state index < -0.39 is 0 Å². The first kappa shape index (κ1) is 11.1. The summed E-state index contributed by atoms with van der Waals surface area (Å²) in [7, 11) is 0. The molecule has 0 radical (unpaired) electrons. The van der Waals surface area contributed by atoms with Gasteiger partial charge in [-0.25, -0.2) is 0 Å². The van der Waals surface area contributed by atoms with Gasteiger partial charge in [-0.1, -0.05) is 42.5 Å². The molecular formula is C11H15NOS. The summed E-state index contributed by atoms with van der Waals surface area (Å²) in [5, 5.41) is 12.2. The lowest BCUT2D eigenvalue weighted by Gasteiger charge is -2.16. The van der Waals surface area contributed by atoms with Crippen molar-refractivity contribution in [3.05, 3.63) is 35.9 Å². The Balaban J connectivity index is 2.53. The average molecular weight is 209 g/mol. The fraction of sp³-hybridized carbons (Fsp3) is 0.364. The van der Waals surface area contributed by atoms with Gasteiger partial charge in [0.1, 0.15) is 0 Å². The highest BCUT2D eigenvalue weighted by Gasteiger charge is 2.07. The van der Waals surface area contributed by atoms with Crippen molar-refractivity contribution >= 4 is 17.2 Å². The molecule has 0 fully saturated rings. The maximum atomic E-state index is 9.11. The molecule has 0 heterocycles. The van der Waals surface area contributed by atoms with Crippen LogP contribution in [0.1, 0.15) is 12.5 Å². The molecule has 1 rings (SSSR count). The van der Waals surface area contributed by atoms with E-state index in [0.717, 1.165) is 11.4 Å². The van der Waals surface area contributed by atoms with Crippen LogP contribution in [0.4, 0.5) is 0 Å². The molecule has 2 N–H and O–H groups in total. The molecule has 1 atom stereocenters. The minimum Gasteiger partial charge on any atom is -0.394 e. The lowest BCUT2D eigenvalue weighted by Crippen LogP contribution is -2.36. The van der Waals surface area contributed by atoms with Crippen LogP contribution in [0.15, 0.2) is 30.3 Å². The minimum absolute atomic E-state index is 0.0231. The summed E-state index contributed by atoms with van der Waals surface area (Å²) in [6.07, 6.45) is 0.797. The second kappa shape index (κ2) is 5.73. The van der Waals surface area contributed by atoms with Gasteiger partial charge in [-0.05, 0) is 18.9 Å². The standard InChI is InChI=1S/C11H15NOS/c1-9(14)12-11(8-13)7-10-5-3-2-4-6-10/h2-6,11,13H,7-8H2,1H3,(H,12,14)/t11-/m0/s1. The molecular weight excluding hydrogens is 194 g/mol. The van der Waals surface area contributed by atoms with Crippen molar-refractivity contribution in [2.75, 3.05) is 6.61 Å². The molecule has 76 valence electrons. The Hall–Kier alpha value is -0.930. The molecule has 0 aliphatic heterocycles. The van der Waals surface area contributed by atoms with Crippen molar-refractivity contribution < 1.29 is 5.11 Å². The van der Waals surface area contributed by atoms with Crippen LogP contribution < -0.4 is 5.32 Å². The van der Waals surface area contributed by atoms with Crippen LogP contribution in [0.2, 0.25) is 0 Å². The smallest absolute Gasteiger partial charge is 0.0724 e. The van der Waals surface area contributed by atoms with Crippen molar-refractivity contribution in [1.82, 2.24) is 5.32 Å². The Labute approximate surface area is 90.0 Å². The average Bonchev–Trinajstić information content (AvgIpc) is 2.17. The van der Waals surface area contributed by atoms with Gasteiger partial charge in [0.25, 0.3) is 0 Å². The molecule has 0 bridgehead atoms. The molecule has 1 aromatic rings. The van der Waals surface area contributed by atoms with Crippen molar-refractivity contribution in [1.29, 1.82) is 0 Å². The molecule has 0 aliphatic rings. The monoisotopic (exact) mass is 209 g/mol. The van der Waals surface area contributed by atoms with E-state index in [1.807, 2.05) is 37.3 Å².